The lowest BCUT2D eigenvalue weighted by Crippen LogP contribution is -2.39. The number of urea groups is 1. The summed E-state index contributed by atoms with van der Waals surface area (Å²) in [5.41, 5.74) is 1.64. The van der Waals surface area contributed by atoms with Gasteiger partial charge in [-0.05, 0) is 24.3 Å². The number of allylic oxidation sites excluding steroid dienone is 3. The zero-order valence-corrected chi connectivity index (χ0v) is 16.7. The minimum absolute atomic E-state index is 0.110. The van der Waals surface area contributed by atoms with Gasteiger partial charge in [-0.3, -0.25) is 4.90 Å². The minimum atomic E-state index is -2.82. The molecule has 0 radical (unpaired) electrons. The first-order valence-electron chi connectivity index (χ1n) is 8.40. The van der Waals surface area contributed by atoms with E-state index in [4.69, 9.17) is 16.3 Å². The topological polar surface area (TPSA) is 85.2 Å². The highest BCUT2D eigenvalue weighted by Crippen LogP contribution is 2.21. The van der Waals surface area contributed by atoms with Crippen LogP contribution in [-0.4, -0.2) is 32.9 Å². The summed E-state index contributed by atoms with van der Waals surface area (Å²) < 4.78 is 44.5. The minimum Gasteiger partial charge on any atom is -0.481 e. The van der Waals surface area contributed by atoms with Crippen molar-refractivity contribution >= 4 is 23.3 Å². The molecule has 1 N–H and O–H groups in total. The monoisotopic (exact) mass is 442 g/mol. The Morgan fingerprint density at radius 3 is 2.70 bits per heavy atom. The summed E-state index contributed by atoms with van der Waals surface area (Å²) in [6.07, 6.45) is 2.50. The van der Waals surface area contributed by atoms with Crippen molar-refractivity contribution in [3.05, 3.63) is 65.8 Å². The van der Waals surface area contributed by atoms with Gasteiger partial charge in [0.1, 0.15) is 0 Å². The van der Waals surface area contributed by atoms with Crippen LogP contribution in [-0.2, 0) is 13.6 Å². The van der Waals surface area contributed by atoms with Gasteiger partial charge in [-0.15, -0.1) is 10.2 Å². The van der Waals surface area contributed by atoms with Crippen LogP contribution >= 0.6 is 11.6 Å². The number of methoxy groups -OCH3 is 1. The lowest BCUT2D eigenvalue weighted by Gasteiger charge is -2.23. The van der Waals surface area contributed by atoms with E-state index in [1.807, 2.05) is 0 Å². The molecule has 2 rings (SSSR count). The van der Waals surface area contributed by atoms with E-state index < -0.39 is 18.3 Å². The number of anilines is 1. The number of ether oxygens (including phenoxy) is 1. The Kier molecular flexibility index (Phi) is 8.41. The molecule has 0 aliphatic heterocycles. The largest absolute Gasteiger partial charge is 0.481 e. The van der Waals surface area contributed by atoms with Crippen LogP contribution in [0.5, 0.6) is 5.88 Å². The molecule has 0 saturated heterocycles. The first kappa shape index (κ1) is 22.9. The summed E-state index contributed by atoms with van der Waals surface area (Å²) in [5, 5.41) is 9.74. The molecule has 0 atom stereocenters. The number of alkyl halides is 2. The zero-order valence-electron chi connectivity index (χ0n) is 16.0. The quantitative estimate of drug-likeness (QED) is 0.625. The average molecular weight is 443 g/mol. The fourth-order valence-electron chi connectivity index (χ4n) is 2.32. The highest BCUT2D eigenvalue weighted by atomic mass is 35.5. The predicted octanol–water partition coefficient (Wildman–Crippen LogP) is 3.99. The van der Waals surface area contributed by atoms with E-state index in [9.17, 15) is 18.0 Å². The van der Waals surface area contributed by atoms with E-state index in [1.54, 1.807) is 6.07 Å². The van der Waals surface area contributed by atoms with Crippen molar-refractivity contribution in [2.24, 2.45) is 7.05 Å². The van der Waals surface area contributed by atoms with E-state index in [0.717, 1.165) is 16.2 Å². The molecule has 2 heterocycles. The molecule has 0 fully saturated rings. The third kappa shape index (κ3) is 5.83. The van der Waals surface area contributed by atoms with Crippen LogP contribution in [0.25, 0.3) is 0 Å². The Labute approximate surface area is 175 Å². The van der Waals surface area contributed by atoms with Gasteiger partial charge in [-0.2, -0.15) is 0 Å². The molecular weight excluding hydrogens is 425 g/mol. The second-order valence-electron chi connectivity index (χ2n) is 5.64. The second-order valence-corrected chi connectivity index (χ2v) is 5.89. The summed E-state index contributed by atoms with van der Waals surface area (Å²) in [5.74, 6) is -0.105. The second kappa shape index (κ2) is 11.0. The van der Waals surface area contributed by atoms with Gasteiger partial charge in [0, 0.05) is 24.3 Å². The van der Waals surface area contributed by atoms with Gasteiger partial charge in [0.15, 0.2) is 11.6 Å². The number of carbonyl (C=O) groups is 1. The maximum Gasteiger partial charge on any atom is 0.326 e. The summed E-state index contributed by atoms with van der Waals surface area (Å²) in [6.45, 7) is -0.202. The summed E-state index contributed by atoms with van der Waals surface area (Å²) in [4.78, 5) is 18.2. The van der Waals surface area contributed by atoms with Crippen LogP contribution < -0.4 is 15.0 Å². The van der Waals surface area contributed by atoms with E-state index in [2.05, 4.69) is 20.5 Å². The molecule has 0 aromatic carbocycles. The fraction of sp³-hybridized carbons (Fsp3) is 0.222. The lowest BCUT2D eigenvalue weighted by molar-refractivity contribution is 0.136. The van der Waals surface area contributed by atoms with Crippen LogP contribution in [0.4, 0.5) is 23.7 Å². The van der Waals surface area contributed by atoms with Gasteiger partial charge in [0.2, 0.25) is 5.88 Å². The number of hydrogen-bond donors (Lipinski definition) is 1. The average Bonchev–Trinajstić information content (AvgIpc) is 3.10. The zero-order chi connectivity index (χ0) is 22.1. The number of halogens is 4. The normalized spacial score (nSPS) is 12.2. The maximum atomic E-state index is 13.0. The highest BCUT2D eigenvalue weighted by Gasteiger charge is 2.23. The number of hydrogen-bond acceptors (Lipinski definition) is 5. The van der Waals surface area contributed by atoms with Crippen molar-refractivity contribution in [3.63, 3.8) is 0 Å². The molecule has 0 aliphatic carbocycles. The molecule has 12 heteroatoms. The standard InChI is InChI=1S/C18H18ClF3N6O2/c1-27-14(25-26-17(27)16(21)22)11-28(13-5-6-15(30-2)23-10-13)18(29)24-12(7-8-19)4-3-9-20/h3-10,16H,11H2,1-2H3,(H,24,29)/b8-7+,9-3+,12-4+. The van der Waals surface area contributed by atoms with Crippen molar-refractivity contribution in [2.45, 2.75) is 13.0 Å². The summed E-state index contributed by atoms with van der Waals surface area (Å²) in [6, 6.07) is 2.41. The van der Waals surface area contributed by atoms with Crippen LogP contribution in [0.1, 0.15) is 18.1 Å². The van der Waals surface area contributed by atoms with Gasteiger partial charge in [0.25, 0.3) is 6.43 Å². The Balaban J connectivity index is 2.38. The predicted molar refractivity (Wildman–Crippen MR) is 105 cm³/mol. The van der Waals surface area contributed by atoms with Crippen molar-refractivity contribution in [1.29, 1.82) is 0 Å². The number of pyridine rings is 1. The van der Waals surface area contributed by atoms with Gasteiger partial charge in [0.05, 0.1) is 31.9 Å². The molecule has 8 nitrogen and oxygen atoms in total. The van der Waals surface area contributed by atoms with Gasteiger partial charge < -0.3 is 14.6 Å². The Hall–Kier alpha value is -3.34. The van der Waals surface area contributed by atoms with Crippen LogP contribution in [0.2, 0.25) is 0 Å². The molecule has 2 amide bonds. The van der Waals surface area contributed by atoms with Gasteiger partial charge in [-0.25, -0.2) is 22.9 Å². The van der Waals surface area contributed by atoms with E-state index >= 15 is 0 Å². The third-order valence-corrected chi connectivity index (χ3v) is 3.95. The number of rotatable bonds is 8. The Bertz CT molecular complexity index is 944. The smallest absolute Gasteiger partial charge is 0.326 e. The molecule has 0 unspecified atom stereocenters. The summed E-state index contributed by atoms with van der Waals surface area (Å²) >= 11 is 5.55. The Morgan fingerprint density at radius 1 is 1.40 bits per heavy atom. The molecule has 2 aromatic heterocycles. The van der Waals surface area contributed by atoms with Gasteiger partial charge in [-0.1, -0.05) is 11.6 Å². The number of aromatic nitrogens is 4. The molecule has 0 saturated carbocycles. The number of nitrogens with zero attached hydrogens (tertiary/aromatic N) is 5. The molecule has 2 aromatic rings. The molecule has 0 bridgehead atoms. The van der Waals surface area contributed by atoms with Gasteiger partial charge >= 0.3 is 6.03 Å². The van der Waals surface area contributed by atoms with Crippen LogP contribution in [0.15, 0.2) is 54.1 Å². The Morgan fingerprint density at radius 2 is 2.17 bits per heavy atom. The molecular formula is C18H18ClF3N6O2. The molecule has 0 spiro atoms. The molecule has 30 heavy (non-hydrogen) atoms. The first-order chi connectivity index (χ1) is 14.4. The van der Waals surface area contributed by atoms with E-state index in [-0.39, 0.29) is 24.4 Å². The molecule has 0 aliphatic rings. The van der Waals surface area contributed by atoms with E-state index in [0.29, 0.717) is 11.6 Å². The van der Waals surface area contributed by atoms with Crippen LogP contribution in [0, 0.1) is 0 Å². The molecule has 160 valence electrons. The fourth-order valence-corrected chi connectivity index (χ4v) is 2.45. The maximum absolute atomic E-state index is 13.0. The number of carbonyl (C=O) groups excluding carboxylic acids is 1. The highest BCUT2D eigenvalue weighted by molar-refractivity contribution is 6.25. The first-order valence-corrected chi connectivity index (χ1v) is 8.83. The van der Waals surface area contributed by atoms with Crippen molar-refractivity contribution in [2.75, 3.05) is 12.0 Å². The van der Waals surface area contributed by atoms with E-state index in [1.165, 1.54) is 43.5 Å². The third-order valence-electron chi connectivity index (χ3n) is 3.82. The number of nitrogens with one attached hydrogen (secondary N) is 1. The van der Waals surface area contributed by atoms with Crippen molar-refractivity contribution in [1.82, 2.24) is 25.1 Å². The SMILES string of the molecule is COc1ccc(N(Cc2nnc(C(F)F)n2C)C(=O)NC(/C=C/Cl)=C/C=C/F)cn1. The summed E-state index contributed by atoms with van der Waals surface area (Å²) in [7, 11) is 2.80. The lowest BCUT2D eigenvalue weighted by atomic mass is 10.3. The van der Waals surface area contributed by atoms with Crippen molar-refractivity contribution < 1.29 is 22.7 Å². The number of amides is 2. The van der Waals surface area contributed by atoms with Crippen LogP contribution in [0.3, 0.4) is 0 Å². The van der Waals surface area contributed by atoms with Crippen molar-refractivity contribution in [3.8, 4) is 5.88 Å².